The molecule has 1 amide bonds. The number of amides is 1. The second-order valence-corrected chi connectivity index (χ2v) is 8.54. The van der Waals surface area contributed by atoms with Gasteiger partial charge in [0.25, 0.3) is 0 Å². The fourth-order valence-corrected chi connectivity index (χ4v) is 4.19. The number of thioether (sulfide) groups is 1. The number of fused-ring (bicyclic) bond motifs is 1. The summed E-state index contributed by atoms with van der Waals surface area (Å²) in [6, 6.07) is 13.7. The molecule has 0 atom stereocenters. The van der Waals surface area contributed by atoms with Crippen LogP contribution in [0, 0.1) is 33.1 Å². The number of anilines is 1. The van der Waals surface area contributed by atoms with Crippen LogP contribution in [0.4, 0.5) is 5.69 Å². The van der Waals surface area contributed by atoms with Gasteiger partial charge in [0.1, 0.15) is 5.49 Å². The van der Waals surface area contributed by atoms with Gasteiger partial charge in [0.05, 0.1) is 11.1 Å². The number of carbonyl (C=O) groups excluding carboxylic acids is 1. The number of nitrogens with one attached hydrogen (secondary N) is 3. The summed E-state index contributed by atoms with van der Waals surface area (Å²) in [5, 5.41) is 20.1. The van der Waals surface area contributed by atoms with Crippen LogP contribution in [-0.4, -0.2) is 31.4 Å². The Morgan fingerprint density at radius 3 is 2.68 bits per heavy atom. The predicted molar refractivity (Wildman–Crippen MR) is 124 cm³/mol. The third kappa shape index (κ3) is 4.25. The quantitative estimate of drug-likeness (QED) is 0.325. The number of nitrogens with zero attached hydrogens (tertiary/aromatic N) is 3. The number of carbonyl (C=O) groups is 1. The van der Waals surface area contributed by atoms with Crippen LogP contribution in [0.1, 0.15) is 22.4 Å². The molecule has 2 aromatic carbocycles. The first kappa shape index (κ1) is 20.9. The molecule has 3 N–H and O–H groups in total. The third-order valence-electron chi connectivity index (χ3n) is 5.16. The molecule has 0 bridgehead atoms. The van der Waals surface area contributed by atoms with Crippen LogP contribution in [0.2, 0.25) is 0 Å². The van der Waals surface area contributed by atoms with E-state index in [1.807, 2.05) is 70.2 Å². The van der Waals surface area contributed by atoms with Crippen LogP contribution in [0.5, 0.6) is 0 Å². The van der Waals surface area contributed by atoms with Crippen molar-refractivity contribution in [2.75, 3.05) is 11.1 Å². The van der Waals surface area contributed by atoms with Gasteiger partial charge in [0, 0.05) is 17.1 Å². The Balaban J connectivity index is 1.66. The summed E-state index contributed by atoms with van der Waals surface area (Å²) >= 11 is 1.29. The minimum atomic E-state index is -0.129. The van der Waals surface area contributed by atoms with Crippen LogP contribution in [-0.2, 0) is 4.79 Å². The highest BCUT2D eigenvalue weighted by Crippen LogP contribution is 2.23. The van der Waals surface area contributed by atoms with Crippen LogP contribution in [0.25, 0.3) is 16.7 Å². The van der Waals surface area contributed by atoms with Gasteiger partial charge in [-0.25, -0.2) is 4.98 Å². The summed E-state index contributed by atoms with van der Waals surface area (Å²) in [6.07, 6.45) is 0. The van der Waals surface area contributed by atoms with Crippen LogP contribution < -0.4 is 10.8 Å². The first-order valence-corrected chi connectivity index (χ1v) is 10.9. The maximum Gasteiger partial charge on any atom is 0.234 e. The molecule has 2 aromatic heterocycles. The van der Waals surface area contributed by atoms with Crippen molar-refractivity contribution in [3.8, 4) is 5.69 Å². The second kappa shape index (κ2) is 8.39. The van der Waals surface area contributed by atoms with E-state index in [1.54, 1.807) is 4.57 Å². The van der Waals surface area contributed by atoms with Gasteiger partial charge in [-0.1, -0.05) is 30.0 Å². The summed E-state index contributed by atoms with van der Waals surface area (Å²) in [5.74, 6) is 0.0378. The standard InChI is InChI=1S/C23H24N6OS/c1-13-6-5-7-18(10-13)29-21(24)20-16(4)27-28-22(20)26-23(29)31-12-19(30)25-17-9-8-14(2)15(3)11-17/h5-11,24H,12H2,1-4H3,(H,25,30)(H,27,28). The van der Waals surface area contributed by atoms with Gasteiger partial charge in [-0.15, -0.1) is 0 Å². The fraction of sp³-hybridized carbons (Fsp3) is 0.217. The van der Waals surface area contributed by atoms with E-state index in [1.165, 1.54) is 17.3 Å². The van der Waals surface area contributed by atoms with Gasteiger partial charge in [-0.3, -0.25) is 19.9 Å². The molecule has 0 saturated heterocycles. The van der Waals surface area contributed by atoms with E-state index in [0.717, 1.165) is 28.2 Å². The van der Waals surface area contributed by atoms with Crippen molar-refractivity contribution in [2.24, 2.45) is 0 Å². The van der Waals surface area contributed by atoms with E-state index in [2.05, 4.69) is 20.5 Å². The molecule has 0 unspecified atom stereocenters. The molecule has 0 fully saturated rings. The highest BCUT2D eigenvalue weighted by atomic mass is 32.2. The van der Waals surface area contributed by atoms with Crippen LogP contribution in [0.15, 0.2) is 47.6 Å². The maximum absolute atomic E-state index is 12.6. The molecule has 0 radical (unpaired) electrons. The maximum atomic E-state index is 12.6. The number of rotatable bonds is 5. The van der Waals surface area contributed by atoms with Gasteiger partial charge >= 0.3 is 0 Å². The molecule has 0 spiro atoms. The molecule has 4 aromatic rings. The summed E-state index contributed by atoms with van der Waals surface area (Å²) < 4.78 is 1.77. The molecule has 0 saturated carbocycles. The molecule has 31 heavy (non-hydrogen) atoms. The highest BCUT2D eigenvalue weighted by Gasteiger charge is 2.16. The lowest BCUT2D eigenvalue weighted by atomic mass is 10.1. The predicted octanol–water partition coefficient (Wildman–Crippen LogP) is 4.19. The largest absolute Gasteiger partial charge is 0.325 e. The number of aryl methyl sites for hydroxylation is 4. The normalized spacial score (nSPS) is 11.1. The van der Waals surface area contributed by atoms with Gasteiger partial charge in [0.15, 0.2) is 10.8 Å². The lowest BCUT2D eigenvalue weighted by Gasteiger charge is -2.14. The molecule has 0 aliphatic rings. The smallest absolute Gasteiger partial charge is 0.234 e. The van der Waals surface area contributed by atoms with Gasteiger partial charge < -0.3 is 5.32 Å². The molecule has 158 valence electrons. The van der Waals surface area contributed by atoms with E-state index in [0.29, 0.717) is 21.7 Å². The molecular weight excluding hydrogens is 408 g/mol. The SMILES string of the molecule is Cc1cccc(-n2c(SCC(=O)Nc3ccc(C)c(C)c3)nc3n[nH]c(C)c3c2=N)c1. The number of aromatic amines is 1. The Bertz CT molecular complexity index is 1350. The zero-order chi connectivity index (χ0) is 22.1. The second-order valence-electron chi connectivity index (χ2n) is 7.60. The lowest BCUT2D eigenvalue weighted by molar-refractivity contribution is -0.113. The highest BCUT2D eigenvalue weighted by molar-refractivity contribution is 7.99. The summed E-state index contributed by atoms with van der Waals surface area (Å²) in [5.41, 5.74) is 6.55. The van der Waals surface area contributed by atoms with E-state index in [4.69, 9.17) is 5.41 Å². The van der Waals surface area contributed by atoms with Crippen LogP contribution >= 0.6 is 11.8 Å². The van der Waals surface area contributed by atoms with E-state index < -0.39 is 0 Å². The Kier molecular flexibility index (Phi) is 5.65. The molecule has 7 nitrogen and oxygen atoms in total. The summed E-state index contributed by atoms with van der Waals surface area (Å²) in [7, 11) is 0. The molecule has 8 heteroatoms. The van der Waals surface area contributed by atoms with Crippen molar-refractivity contribution in [3.05, 3.63) is 70.3 Å². The number of hydrogen-bond donors (Lipinski definition) is 3. The monoisotopic (exact) mass is 432 g/mol. The number of H-pyrrole nitrogens is 1. The summed E-state index contributed by atoms with van der Waals surface area (Å²) in [6.45, 7) is 7.94. The van der Waals surface area contributed by atoms with Crippen molar-refractivity contribution in [2.45, 2.75) is 32.9 Å². The van der Waals surface area contributed by atoms with Crippen molar-refractivity contribution in [1.82, 2.24) is 19.7 Å². The van der Waals surface area contributed by atoms with Gasteiger partial charge in [-0.2, -0.15) is 5.10 Å². The first-order chi connectivity index (χ1) is 14.8. The Morgan fingerprint density at radius 1 is 1.13 bits per heavy atom. The minimum Gasteiger partial charge on any atom is -0.325 e. The molecular formula is C23H24N6OS. The van der Waals surface area contributed by atoms with Crippen molar-refractivity contribution in [1.29, 1.82) is 5.41 Å². The zero-order valence-corrected chi connectivity index (χ0v) is 18.7. The Morgan fingerprint density at radius 2 is 1.94 bits per heavy atom. The van der Waals surface area contributed by atoms with Crippen molar-refractivity contribution >= 4 is 34.4 Å². The Hall–Kier alpha value is -3.39. The van der Waals surface area contributed by atoms with Crippen LogP contribution in [0.3, 0.4) is 0 Å². The lowest BCUT2D eigenvalue weighted by Crippen LogP contribution is -2.23. The number of aromatic nitrogens is 4. The summed E-state index contributed by atoms with van der Waals surface area (Å²) in [4.78, 5) is 17.3. The fourth-order valence-electron chi connectivity index (χ4n) is 3.38. The average molecular weight is 433 g/mol. The van der Waals surface area contributed by atoms with E-state index in [9.17, 15) is 4.79 Å². The minimum absolute atomic E-state index is 0.129. The number of benzene rings is 2. The van der Waals surface area contributed by atoms with Gasteiger partial charge in [-0.05, 0) is 68.7 Å². The molecule has 0 aliphatic carbocycles. The Labute approximate surface area is 184 Å². The topological polar surface area (TPSA) is 99.4 Å². The average Bonchev–Trinajstić information content (AvgIpc) is 3.10. The van der Waals surface area contributed by atoms with E-state index >= 15 is 0 Å². The molecule has 2 heterocycles. The zero-order valence-electron chi connectivity index (χ0n) is 17.9. The van der Waals surface area contributed by atoms with E-state index in [-0.39, 0.29) is 11.7 Å². The first-order valence-electron chi connectivity index (χ1n) is 9.93. The van der Waals surface area contributed by atoms with Crippen molar-refractivity contribution < 1.29 is 4.79 Å². The molecule has 4 rings (SSSR count). The van der Waals surface area contributed by atoms with Gasteiger partial charge in [0.2, 0.25) is 5.91 Å². The molecule has 0 aliphatic heterocycles. The van der Waals surface area contributed by atoms with Crippen molar-refractivity contribution in [3.63, 3.8) is 0 Å². The number of hydrogen-bond acceptors (Lipinski definition) is 5. The third-order valence-corrected chi connectivity index (χ3v) is 6.10.